The molecule has 0 aromatic heterocycles. The molecule has 3 N–H and O–H groups in total. The molecule has 2 aliphatic carbocycles. The first kappa shape index (κ1) is 19.9. The average Bonchev–Trinajstić information content (AvgIpc) is 2.65. The predicted octanol–water partition coefficient (Wildman–Crippen LogP) is 3.88. The van der Waals surface area contributed by atoms with Gasteiger partial charge in [-0.15, -0.1) is 12.4 Å². The van der Waals surface area contributed by atoms with Crippen LogP contribution in [0.2, 0.25) is 0 Å². The van der Waals surface area contributed by atoms with Crippen LogP contribution in [0.15, 0.2) is 54.6 Å². The lowest BCUT2D eigenvalue weighted by Gasteiger charge is -2.49. The minimum Gasteiger partial charge on any atom is -0.353 e. The minimum atomic E-state index is -0.414. The number of fused-ring (bicyclic) bond motifs is 1. The van der Waals surface area contributed by atoms with Gasteiger partial charge in [-0.3, -0.25) is 4.79 Å². The van der Waals surface area contributed by atoms with E-state index in [9.17, 15) is 4.79 Å². The highest BCUT2D eigenvalue weighted by molar-refractivity contribution is 5.89. The summed E-state index contributed by atoms with van der Waals surface area (Å²) in [6.45, 7) is 2.73. The number of carbonyl (C=O) groups excluding carboxylic acids is 1. The third-order valence-corrected chi connectivity index (χ3v) is 6.62. The molecule has 2 aromatic carbocycles. The van der Waals surface area contributed by atoms with Gasteiger partial charge in [0.25, 0.3) is 0 Å². The lowest BCUT2D eigenvalue weighted by Crippen LogP contribution is -2.59. The second kappa shape index (κ2) is 7.65. The number of amides is 1. The van der Waals surface area contributed by atoms with Crippen molar-refractivity contribution in [1.82, 2.24) is 5.32 Å². The normalized spacial score (nSPS) is 29.0. The molecule has 0 aliphatic heterocycles. The van der Waals surface area contributed by atoms with Crippen LogP contribution in [0.1, 0.15) is 49.3 Å². The van der Waals surface area contributed by atoms with Crippen molar-refractivity contribution >= 4 is 18.3 Å². The number of benzene rings is 2. The lowest BCUT2D eigenvalue weighted by molar-refractivity contribution is -0.128. The van der Waals surface area contributed by atoms with E-state index in [-0.39, 0.29) is 29.8 Å². The maximum atomic E-state index is 13.2. The van der Waals surface area contributed by atoms with E-state index in [1.807, 2.05) is 12.1 Å². The summed E-state index contributed by atoms with van der Waals surface area (Å²) in [5, 5.41) is 3.33. The van der Waals surface area contributed by atoms with Crippen molar-refractivity contribution in [2.75, 3.05) is 6.54 Å². The molecule has 0 saturated heterocycles. The Kier molecular flexibility index (Phi) is 5.64. The van der Waals surface area contributed by atoms with E-state index in [1.165, 1.54) is 16.7 Å². The van der Waals surface area contributed by atoms with Gasteiger partial charge in [-0.25, -0.2) is 0 Å². The summed E-state index contributed by atoms with van der Waals surface area (Å²) in [4.78, 5) is 13.2. The maximum Gasteiger partial charge on any atom is 0.230 e. The van der Waals surface area contributed by atoms with Crippen molar-refractivity contribution in [2.24, 2.45) is 5.73 Å². The monoisotopic (exact) mass is 384 g/mol. The van der Waals surface area contributed by atoms with E-state index >= 15 is 0 Å². The number of halogens is 1. The lowest BCUT2D eigenvalue weighted by atomic mass is 9.61. The smallest absolute Gasteiger partial charge is 0.230 e. The zero-order chi connectivity index (χ0) is 18.2. The van der Waals surface area contributed by atoms with Gasteiger partial charge in [-0.1, -0.05) is 54.6 Å². The number of aryl methyl sites for hydroxylation is 1. The van der Waals surface area contributed by atoms with Crippen molar-refractivity contribution in [3.63, 3.8) is 0 Å². The molecule has 0 bridgehead atoms. The third-order valence-electron chi connectivity index (χ3n) is 6.62. The zero-order valence-corrected chi connectivity index (χ0v) is 16.7. The molecule has 0 spiro atoms. The van der Waals surface area contributed by atoms with Crippen molar-refractivity contribution in [2.45, 2.75) is 55.9 Å². The van der Waals surface area contributed by atoms with Crippen LogP contribution < -0.4 is 11.1 Å². The summed E-state index contributed by atoms with van der Waals surface area (Å²) in [6.07, 6.45) is 4.92. The van der Waals surface area contributed by atoms with E-state index in [2.05, 4.69) is 54.7 Å². The second-order valence-corrected chi connectivity index (χ2v) is 8.27. The molecule has 3 nitrogen and oxygen atoms in total. The molecule has 1 amide bonds. The Morgan fingerprint density at radius 2 is 1.78 bits per heavy atom. The number of hydrogen-bond donors (Lipinski definition) is 2. The first-order valence-corrected chi connectivity index (χ1v) is 9.72. The molecular formula is C23H29ClN2O. The third kappa shape index (κ3) is 3.39. The van der Waals surface area contributed by atoms with Crippen LogP contribution in [0.4, 0.5) is 0 Å². The van der Waals surface area contributed by atoms with E-state index in [0.29, 0.717) is 6.54 Å². The van der Waals surface area contributed by atoms with Crippen molar-refractivity contribution in [1.29, 1.82) is 0 Å². The Morgan fingerprint density at radius 1 is 1.11 bits per heavy atom. The van der Waals surface area contributed by atoms with Gasteiger partial charge in [0.05, 0.1) is 5.41 Å². The predicted molar refractivity (Wildman–Crippen MR) is 112 cm³/mol. The van der Waals surface area contributed by atoms with Gasteiger partial charge in [0.2, 0.25) is 5.91 Å². The Morgan fingerprint density at radius 3 is 2.48 bits per heavy atom. The van der Waals surface area contributed by atoms with Crippen LogP contribution in [0, 0.1) is 0 Å². The molecule has 1 saturated carbocycles. The second-order valence-electron chi connectivity index (χ2n) is 8.27. The number of rotatable bonds is 4. The fourth-order valence-electron chi connectivity index (χ4n) is 4.92. The Hall–Kier alpha value is -1.84. The van der Waals surface area contributed by atoms with E-state index in [0.717, 1.165) is 32.1 Å². The molecule has 4 heteroatoms. The Bertz CT molecular complexity index is 801. The van der Waals surface area contributed by atoms with Crippen LogP contribution in [0.25, 0.3) is 0 Å². The van der Waals surface area contributed by atoms with Gasteiger partial charge < -0.3 is 11.1 Å². The molecule has 0 unspecified atom stereocenters. The standard InChI is InChI=1S/C23H28N2O.ClH/c1-22(13-7-9-17-8-5-6-12-20(17)22)21(26)25-19-14-23(15-19,16-24)18-10-3-2-4-11-18;/h2-6,8,10-12,19H,7,9,13-16,24H2,1H3,(H,25,26);1H/t19?,22-,23?;/m1./s1. The maximum absolute atomic E-state index is 13.2. The van der Waals surface area contributed by atoms with Gasteiger partial charge in [0.15, 0.2) is 0 Å². The zero-order valence-electron chi connectivity index (χ0n) is 15.9. The first-order chi connectivity index (χ1) is 12.6. The molecule has 2 aromatic rings. The highest BCUT2D eigenvalue weighted by Gasteiger charge is 2.47. The van der Waals surface area contributed by atoms with Gasteiger partial charge in [-0.05, 0) is 55.7 Å². The van der Waals surface area contributed by atoms with Crippen LogP contribution in [0.5, 0.6) is 0 Å². The highest BCUT2D eigenvalue weighted by atomic mass is 35.5. The van der Waals surface area contributed by atoms with E-state index in [4.69, 9.17) is 5.73 Å². The van der Waals surface area contributed by atoms with Crippen molar-refractivity contribution in [3.8, 4) is 0 Å². The molecule has 1 atom stereocenters. The molecule has 0 heterocycles. The average molecular weight is 385 g/mol. The van der Waals surface area contributed by atoms with Crippen LogP contribution in [-0.2, 0) is 22.0 Å². The summed E-state index contributed by atoms with van der Waals surface area (Å²) in [6, 6.07) is 19.1. The quantitative estimate of drug-likeness (QED) is 0.840. The topological polar surface area (TPSA) is 55.1 Å². The van der Waals surface area contributed by atoms with Gasteiger partial charge >= 0.3 is 0 Å². The van der Waals surface area contributed by atoms with E-state index in [1.54, 1.807) is 0 Å². The number of hydrogen-bond acceptors (Lipinski definition) is 2. The van der Waals surface area contributed by atoms with Gasteiger partial charge in [0, 0.05) is 18.0 Å². The largest absolute Gasteiger partial charge is 0.353 e. The highest BCUT2D eigenvalue weighted by Crippen LogP contribution is 2.44. The summed E-state index contributed by atoms with van der Waals surface area (Å²) in [7, 11) is 0. The van der Waals surface area contributed by atoms with Crippen LogP contribution in [0.3, 0.4) is 0 Å². The molecular weight excluding hydrogens is 356 g/mol. The van der Waals surface area contributed by atoms with Crippen LogP contribution in [-0.4, -0.2) is 18.5 Å². The Balaban J connectivity index is 0.00000210. The Labute approximate surface area is 168 Å². The fourth-order valence-corrected chi connectivity index (χ4v) is 4.92. The summed E-state index contributed by atoms with van der Waals surface area (Å²) < 4.78 is 0. The summed E-state index contributed by atoms with van der Waals surface area (Å²) >= 11 is 0. The fraction of sp³-hybridized carbons (Fsp3) is 0.435. The summed E-state index contributed by atoms with van der Waals surface area (Å²) in [5.41, 5.74) is 9.54. The summed E-state index contributed by atoms with van der Waals surface area (Å²) in [5.74, 6) is 0.174. The molecule has 27 heavy (non-hydrogen) atoms. The van der Waals surface area contributed by atoms with Crippen LogP contribution >= 0.6 is 12.4 Å². The molecule has 144 valence electrons. The van der Waals surface area contributed by atoms with Crippen molar-refractivity contribution < 1.29 is 4.79 Å². The van der Waals surface area contributed by atoms with Crippen molar-refractivity contribution in [3.05, 3.63) is 71.3 Å². The van der Waals surface area contributed by atoms with E-state index < -0.39 is 5.41 Å². The van der Waals surface area contributed by atoms with Gasteiger partial charge in [-0.2, -0.15) is 0 Å². The number of nitrogens with one attached hydrogen (secondary N) is 1. The van der Waals surface area contributed by atoms with Gasteiger partial charge in [0.1, 0.15) is 0 Å². The minimum absolute atomic E-state index is 0. The SMILES string of the molecule is C[C@@]1(C(=O)NC2CC(CN)(c3ccccc3)C2)CCCc2ccccc21.Cl. The first-order valence-electron chi connectivity index (χ1n) is 9.72. The molecule has 0 radical (unpaired) electrons. The molecule has 4 rings (SSSR count). The number of nitrogens with two attached hydrogens (primary N) is 1. The molecule has 2 aliphatic rings. The number of carbonyl (C=O) groups is 1. The molecule has 1 fully saturated rings.